The lowest BCUT2D eigenvalue weighted by atomic mass is 9.78. The quantitative estimate of drug-likeness (QED) is 0.600. The Morgan fingerprint density at radius 3 is 2.33 bits per heavy atom. The maximum Gasteiger partial charge on any atom is 0.251 e. The lowest BCUT2D eigenvalue weighted by molar-refractivity contribution is -0.130. The monoisotopic (exact) mass is 431 g/mol. The number of nitrogens with one attached hydrogen (secondary N) is 3. The molecule has 1 heterocycles. The zero-order valence-electron chi connectivity index (χ0n) is 17.3. The first kappa shape index (κ1) is 23.9. The molecule has 0 aliphatic carbocycles. The van der Waals surface area contributed by atoms with Gasteiger partial charge in [-0.25, -0.2) is 0 Å². The fraction of sp³-hybridized carbons (Fsp3) is 0.391. The Balaban J connectivity index is 0.00000320. The molecule has 3 rings (SSSR count). The molecule has 7 heteroatoms. The summed E-state index contributed by atoms with van der Waals surface area (Å²) in [6.45, 7) is 2.59. The molecule has 0 radical (unpaired) electrons. The topological polar surface area (TPSA) is 79.5 Å². The van der Waals surface area contributed by atoms with E-state index < -0.39 is 5.41 Å². The van der Waals surface area contributed by atoms with Crippen LogP contribution in [-0.4, -0.2) is 45.2 Å². The number of halogens is 1. The first-order chi connectivity index (χ1) is 14.1. The zero-order valence-corrected chi connectivity index (χ0v) is 18.1. The van der Waals surface area contributed by atoms with Gasteiger partial charge in [0, 0.05) is 24.9 Å². The van der Waals surface area contributed by atoms with E-state index in [1.807, 2.05) is 30.3 Å². The molecule has 1 aliphatic heterocycles. The van der Waals surface area contributed by atoms with Crippen molar-refractivity contribution in [2.45, 2.75) is 19.3 Å². The normalized spacial score (nSPS) is 15.0. The van der Waals surface area contributed by atoms with Crippen LogP contribution >= 0.6 is 12.4 Å². The van der Waals surface area contributed by atoms with Crippen molar-refractivity contribution in [3.8, 4) is 0 Å². The minimum atomic E-state index is -0.506. The van der Waals surface area contributed by atoms with Crippen molar-refractivity contribution in [1.82, 2.24) is 10.6 Å². The van der Waals surface area contributed by atoms with Crippen LogP contribution in [0.3, 0.4) is 0 Å². The maximum absolute atomic E-state index is 12.9. The molecule has 2 amide bonds. The fourth-order valence-electron chi connectivity index (χ4n) is 3.65. The number of amides is 2. The Kier molecular flexibility index (Phi) is 9.30. The Morgan fingerprint density at radius 2 is 1.70 bits per heavy atom. The minimum absolute atomic E-state index is 0. The van der Waals surface area contributed by atoms with E-state index in [9.17, 15) is 9.59 Å². The van der Waals surface area contributed by atoms with Crippen LogP contribution in [0.4, 0.5) is 5.69 Å². The van der Waals surface area contributed by atoms with Gasteiger partial charge in [-0.05, 0) is 62.2 Å². The average molecular weight is 432 g/mol. The van der Waals surface area contributed by atoms with E-state index in [2.05, 4.69) is 16.0 Å². The summed E-state index contributed by atoms with van der Waals surface area (Å²) in [5, 5.41) is 9.21. The summed E-state index contributed by atoms with van der Waals surface area (Å²) < 4.78 is 5.32. The smallest absolute Gasteiger partial charge is 0.251 e. The third-order valence-electron chi connectivity index (χ3n) is 5.41. The second kappa shape index (κ2) is 11.7. The van der Waals surface area contributed by atoms with Crippen LogP contribution in [0.2, 0.25) is 0 Å². The molecule has 0 spiro atoms. The second-order valence-electron chi connectivity index (χ2n) is 7.49. The molecule has 3 N–H and O–H groups in total. The summed E-state index contributed by atoms with van der Waals surface area (Å²) in [7, 11) is 1.63. The molecule has 1 fully saturated rings. The van der Waals surface area contributed by atoms with Crippen LogP contribution in [0.15, 0.2) is 54.6 Å². The summed E-state index contributed by atoms with van der Waals surface area (Å²) in [5.41, 5.74) is 1.94. The van der Waals surface area contributed by atoms with Crippen LogP contribution in [0.1, 0.15) is 28.8 Å². The number of hydrogen-bond acceptors (Lipinski definition) is 4. The Hall–Kier alpha value is -2.41. The maximum atomic E-state index is 12.9. The highest BCUT2D eigenvalue weighted by molar-refractivity contribution is 5.97. The molecule has 1 aliphatic rings. The van der Waals surface area contributed by atoms with Crippen molar-refractivity contribution in [2.24, 2.45) is 5.41 Å². The van der Waals surface area contributed by atoms with Crippen molar-refractivity contribution < 1.29 is 14.3 Å². The average Bonchev–Trinajstić information content (AvgIpc) is 2.76. The van der Waals surface area contributed by atoms with Crippen molar-refractivity contribution in [3.05, 3.63) is 65.7 Å². The second-order valence-corrected chi connectivity index (χ2v) is 7.49. The molecule has 0 aromatic heterocycles. The van der Waals surface area contributed by atoms with Gasteiger partial charge in [0.1, 0.15) is 0 Å². The summed E-state index contributed by atoms with van der Waals surface area (Å²) >= 11 is 0. The first-order valence-corrected chi connectivity index (χ1v) is 10.1. The number of piperidine rings is 1. The molecule has 6 nitrogen and oxygen atoms in total. The van der Waals surface area contributed by atoms with E-state index in [4.69, 9.17) is 4.74 Å². The molecule has 1 saturated heterocycles. The molecule has 0 bridgehead atoms. The van der Waals surface area contributed by atoms with Crippen LogP contribution in [0.5, 0.6) is 0 Å². The minimum Gasteiger partial charge on any atom is -0.384 e. The fourth-order valence-corrected chi connectivity index (χ4v) is 3.65. The Labute approximate surface area is 184 Å². The number of hydrogen-bond donors (Lipinski definition) is 3. The zero-order chi connectivity index (χ0) is 20.5. The predicted molar refractivity (Wildman–Crippen MR) is 121 cm³/mol. The molecule has 2 aromatic rings. The highest BCUT2D eigenvalue weighted by atomic mass is 35.5. The lowest BCUT2D eigenvalue weighted by Gasteiger charge is -2.35. The number of benzene rings is 2. The van der Waals surface area contributed by atoms with Crippen molar-refractivity contribution in [2.75, 3.05) is 38.7 Å². The molecule has 2 aromatic carbocycles. The first-order valence-electron chi connectivity index (χ1n) is 10.1. The summed E-state index contributed by atoms with van der Waals surface area (Å²) in [5.74, 6) is -0.145. The van der Waals surface area contributed by atoms with Gasteiger partial charge in [-0.3, -0.25) is 9.59 Å². The number of rotatable bonds is 8. The number of carbonyl (C=O) groups excluding carboxylic acids is 2. The molecule has 30 heavy (non-hydrogen) atoms. The van der Waals surface area contributed by atoms with Gasteiger partial charge in [0.05, 0.1) is 12.0 Å². The molecule has 162 valence electrons. The number of methoxy groups -OCH3 is 1. The van der Waals surface area contributed by atoms with Crippen LogP contribution in [0.25, 0.3) is 0 Å². The van der Waals surface area contributed by atoms with Gasteiger partial charge in [-0.2, -0.15) is 0 Å². The summed E-state index contributed by atoms with van der Waals surface area (Å²) in [6.07, 6.45) is 2.28. The summed E-state index contributed by atoms with van der Waals surface area (Å²) in [6, 6.07) is 17.1. The van der Waals surface area contributed by atoms with E-state index in [0.29, 0.717) is 24.4 Å². The largest absolute Gasteiger partial charge is 0.384 e. The van der Waals surface area contributed by atoms with Gasteiger partial charge in [0.15, 0.2) is 0 Å². The van der Waals surface area contributed by atoms with Crippen molar-refractivity contribution >= 4 is 29.9 Å². The van der Waals surface area contributed by atoms with Gasteiger partial charge in [-0.1, -0.05) is 30.3 Å². The Morgan fingerprint density at radius 1 is 1.03 bits per heavy atom. The van der Waals surface area contributed by atoms with Gasteiger partial charge in [0.25, 0.3) is 5.91 Å². The van der Waals surface area contributed by atoms with E-state index in [1.165, 1.54) is 5.56 Å². The van der Waals surface area contributed by atoms with Crippen LogP contribution < -0.4 is 16.0 Å². The van der Waals surface area contributed by atoms with E-state index in [-0.39, 0.29) is 24.2 Å². The number of ether oxygens (including phenoxy) is 1. The van der Waals surface area contributed by atoms with Crippen molar-refractivity contribution in [1.29, 1.82) is 0 Å². The van der Waals surface area contributed by atoms with Gasteiger partial charge < -0.3 is 20.7 Å². The van der Waals surface area contributed by atoms with Crippen molar-refractivity contribution in [3.63, 3.8) is 0 Å². The Bertz CT molecular complexity index is 801. The molecule has 0 unspecified atom stereocenters. The molecule has 0 atom stereocenters. The highest BCUT2D eigenvalue weighted by Gasteiger charge is 2.39. The van der Waals surface area contributed by atoms with Crippen LogP contribution in [0, 0.1) is 5.41 Å². The van der Waals surface area contributed by atoms with E-state index in [0.717, 1.165) is 32.4 Å². The standard InChI is InChI=1S/C23H29N3O3.ClH/c1-29-17-23(12-15-24-16-13-23)22(28)26-20-9-7-19(8-10-20)21(27)25-14-11-18-5-3-2-4-6-18;/h2-10,24H,11-17H2,1H3,(H,25,27)(H,26,28);1H. The van der Waals surface area contributed by atoms with E-state index in [1.54, 1.807) is 31.4 Å². The molecular weight excluding hydrogens is 402 g/mol. The molecular formula is C23H30ClN3O3. The predicted octanol–water partition coefficient (Wildman–Crippen LogP) is 3.04. The van der Waals surface area contributed by atoms with Crippen LogP contribution in [-0.2, 0) is 16.0 Å². The SMILES string of the molecule is COCC1(C(=O)Nc2ccc(C(=O)NCCc3ccccc3)cc2)CCNCC1.Cl. The number of carbonyl (C=O) groups is 2. The third kappa shape index (κ3) is 6.29. The summed E-state index contributed by atoms with van der Waals surface area (Å²) in [4.78, 5) is 25.2. The lowest BCUT2D eigenvalue weighted by Crippen LogP contribution is -2.47. The van der Waals surface area contributed by atoms with Gasteiger partial charge in [-0.15, -0.1) is 12.4 Å². The number of anilines is 1. The van der Waals surface area contributed by atoms with Gasteiger partial charge in [0.2, 0.25) is 5.91 Å². The van der Waals surface area contributed by atoms with E-state index >= 15 is 0 Å². The third-order valence-corrected chi connectivity index (χ3v) is 5.41. The van der Waals surface area contributed by atoms with Gasteiger partial charge >= 0.3 is 0 Å². The molecule has 0 saturated carbocycles. The highest BCUT2D eigenvalue weighted by Crippen LogP contribution is 2.31.